The van der Waals surface area contributed by atoms with Gasteiger partial charge in [-0.25, -0.2) is 4.99 Å². The molecule has 25 heavy (non-hydrogen) atoms. The number of hydrogen-bond donors (Lipinski definition) is 3. The maximum absolute atomic E-state index is 10.7. The monoisotopic (exact) mass is 359 g/mol. The van der Waals surface area contributed by atoms with Crippen LogP contribution < -0.4 is 0 Å². The van der Waals surface area contributed by atoms with Crippen LogP contribution in [0.15, 0.2) is 4.99 Å². The Labute approximate surface area is 147 Å². The number of aliphatic imine (C=N–C) groups is 1. The quantitative estimate of drug-likeness (QED) is 0.650. The molecule has 3 rings (SSSR count). The summed E-state index contributed by atoms with van der Waals surface area (Å²) >= 11 is 0. The number of aliphatic hydroxyl groups excluding tert-OH is 3. The van der Waals surface area contributed by atoms with Gasteiger partial charge in [0.1, 0.15) is 30.5 Å². The molecule has 0 spiro atoms. The average Bonchev–Trinajstić information content (AvgIpc) is 2.97. The third kappa shape index (κ3) is 3.43. The lowest BCUT2D eigenvalue weighted by molar-refractivity contribution is -0.326. The van der Waals surface area contributed by atoms with Crippen molar-refractivity contribution in [2.75, 3.05) is 6.61 Å². The summed E-state index contributed by atoms with van der Waals surface area (Å²) in [6.45, 7) is 7.37. The number of aliphatic hydroxyl groups is 3. The van der Waals surface area contributed by atoms with Crippen LogP contribution in [0.2, 0.25) is 0 Å². The van der Waals surface area contributed by atoms with Gasteiger partial charge in [0.2, 0.25) is 6.29 Å². The highest BCUT2D eigenvalue weighted by Crippen LogP contribution is 2.36. The Morgan fingerprint density at radius 1 is 1.08 bits per heavy atom. The van der Waals surface area contributed by atoms with Crippen molar-refractivity contribution in [3.8, 4) is 0 Å². The van der Waals surface area contributed by atoms with Gasteiger partial charge in [0.15, 0.2) is 12.2 Å². The summed E-state index contributed by atoms with van der Waals surface area (Å²) in [5.41, 5.74) is 0. The van der Waals surface area contributed by atoms with Crippen molar-refractivity contribution in [2.24, 2.45) is 16.8 Å². The first-order chi connectivity index (χ1) is 11.9. The predicted molar refractivity (Wildman–Crippen MR) is 87.9 cm³/mol. The van der Waals surface area contributed by atoms with Crippen molar-refractivity contribution in [1.29, 1.82) is 0 Å². The van der Waals surface area contributed by atoms with Crippen molar-refractivity contribution in [3.63, 3.8) is 0 Å². The Balaban J connectivity index is 1.75. The molecule has 3 aliphatic rings. The Bertz CT molecular complexity index is 499. The molecule has 0 aromatic carbocycles. The fourth-order valence-electron chi connectivity index (χ4n) is 3.87. The summed E-state index contributed by atoms with van der Waals surface area (Å²) in [6.07, 6.45) is -4.38. The second kappa shape index (κ2) is 7.46. The summed E-state index contributed by atoms with van der Waals surface area (Å²) < 4.78 is 22.9. The van der Waals surface area contributed by atoms with E-state index in [1.807, 2.05) is 20.8 Å². The lowest BCUT2D eigenvalue weighted by Gasteiger charge is -2.46. The van der Waals surface area contributed by atoms with Crippen LogP contribution in [-0.4, -0.2) is 77.0 Å². The van der Waals surface area contributed by atoms with Crippen LogP contribution in [0.25, 0.3) is 0 Å². The van der Waals surface area contributed by atoms with E-state index in [1.54, 1.807) is 6.92 Å². The van der Waals surface area contributed by atoms with Gasteiger partial charge in [0.25, 0.3) is 0 Å². The van der Waals surface area contributed by atoms with Crippen LogP contribution in [0, 0.1) is 11.8 Å². The zero-order valence-electron chi connectivity index (χ0n) is 15.1. The predicted octanol–water partition coefficient (Wildman–Crippen LogP) is 0.0349. The van der Waals surface area contributed by atoms with Gasteiger partial charge in [-0.2, -0.15) is 0 Å². The third-order valence-corrected chi connectivity index (χ3v) is 5.67. The van der Waals surface area contributed by atoms with E-state index in [1.165, 1.54) is 0 Å². The lowest BCUT2D eigenvalue weighted by atomic mass is 9.82. The number of nitrogens with zero attached hydrogens (tertiary/aromatic N) is 1. The molecule has 3 N–H and O–H groups in total. The summed E-state index contributed by atoms with van der Waals surface area (Å²) in [5.74, 6) is 0.607. The molecule has 0 aliphatic carbocycles. The molecule has 2 fully saturated rings. The molecule has 3 heterocycles. The van der Waals surface area contributed by atoms with Crippen molar-refractivity contribution in [2.45, 2.75) is 83.3 Å². The van der Waals surface area contributed by atoms with Crippen LogP contribution >= 0.6 is 0 Å². The molecule has 0 radical (unpaired) electrons. The number of ether oxygens (including phenoxy) is 4. The minimum absolute atomic E-state index is 0.0132. The zero-order valence-corrected chi connectivity index (χ0v) is 15.1. The lowest BCUT2D eigenvalue weighted by Crippen LogP contribution is -2.61. The van der Waals surface area contributed by atoms with Gasteiger partial charge in [0.05, 0.1) is 12.7 Å². The highest BCUT2D eigenvalue weighted by molar-refractivity contribution is 5.75. The maximum Gasteiger partial charge on any atom is 0.227 e. The molecular weight excluding hydrogens is 330 g/mol. The Morgan fingerprint density at radius 3 is 2.44 bits per heavy atom. The van der Waals surface area contributed by atoms with Gasteiger partial charge in [-0.3, -0.25) is 0 Å². The van der Waals surface area contributed by atoms with Gasteiger partial charge < -0.3 is 34.3 Å². The molecule has 10 atom stereocenters. The van der Waals surface area contributed by atoms with Gasteiger partial charge in [0, 0.05) is 6.92 Å². The SMILES string of the molecule is CCC1O[C@@H](O[C@@H]2C(CO)O[C@H]3OC(C)=N[C@H]3C2O)C(O)[C@@H](C)[C@@H]1C. The van der Waals surface area contributed by atoms with E-state index in [-0.39, 0.29) is 24.5 Å². The molecule has 4 unspecified atom stereocenters. The third-order valence-electron chi connectivity index (χ3n) is 5.67. The van der Waals surface area contributed by atoms with Gasteiger partial charge >= 0.3 is 0 Å². The zero-order chi connectivity index (χ0) is 18.3. The molecule has 0 saturated carbocycles. The van der Waals surface area contributed by atoms with E-state index in [4.69, 9.17) is 18.9 Å². The Kier molecular flexibility index (Phi) is 5.67. The Morgan fingerprint density at radius 2 is 1.80 bits per heavy atom. The number of hydrogen-bond acceptors (Lipinski definition) is 8. The normalized spacial score (nSPS) is 50.1. The fraction of sp³-hybridized carbons (Fsp3) is 0.941. The van der Waals surface area contributed by atoms with Crippen molar-refractivity contribution in [1.82, 2.24) is 0 Å². The average molecular weight is 359 g/mol. The first-order valence-electron chi connectivity index (χ1n) is 9.01. The first-order valence-corrected chi connectivity index (χ1v) is 9.01. The minimum atomic E-state index is -1.03. The highest BCUT2D eigenvalue weighted by Gasteiger charge is 2.52. The van der Waals surface area contributed by atoms with E-state index < -0.39 is 43.0 Å². The van der Waals surface area contributed by atoms with Gasteiger partial charge in [-0.1, -0.05) is 20.8 Å². The number of rotatable bonds is 4. The second-order valence-electron chi connectivity index (χ2n) is 7.23. The molecular formula is C17H29NO7. The van der Waals surface area contributed by atoms with Crippen molar-refractivity contribution in [3.05, 3.63) is 0 Å². The highest BCUT2D eigenvalue weighted by atomic mass is 16.7. The fourth-order valence-corrected chi connectivity index (χ4v) is 3.87. The van der Waals surface area contributed by atoms with E-state index in [0.29, 0.717) is 5.90 Å². The molecule has 144 valence electrons. The summed E-state index contributed by atoms with van der Waals surface area (Å²) in [7, 11) is 0. The van der Waals surface area contributed by atoms with E-state index in [9.17, 15) is 15.3 Å². The molecule has 8 nitrogen and oxygen atoms in total. The maximum atomic E-state index is 10.7. The van der Waals surface area contributed by atoms with Gasteiger partial charge in [-0.15, -0.1) is 0 Å². The van der Waals surface area contributed by atoms with Crippen molar-refractivity contribution < 1.29 is 34.3 Å². The van der Waals surface area contributed by atoms with Crippen molar-refractivity contribution >= 4 is 5.90 Å². The first kappa shape index (κ1) is 19.0. The van der Waals surface area contributed by atoms with E-state index >= 15 is 0 Å². The molecule has 0 aromatic rings. The van der Waals surface area contributed by atoms with Crippen LogP contribution in [0.1, 0.15) is 34.1 Å². The summed E-state index contributed by atoms with van der Waals surface area (Å²) in [5, 5.41) is 30.9. The van der Waals surface area contributed by atoms with Crippen LogP contribution in [0.3, 0.4) is 0 Å². The molecule has 0 aromatic heterocycles. The van der Waals surface area contributed by atoms with E-state index in [2.05, 4.69) is 4.99 Å². The standard InChI is InChI=1S/C17H29NO7/c1-5-10-7(2)8(3)13(20)17(23-10)25-15-11(6-19)24-16-12(14(15)21)18-9(4)22-16/h7-8,10-17,19-21H,5-6H2,1-4H3/t7-,8-,10?,11?,12-,13?,14?,15+,16+,17-/m0/s1. The minimum Gasteiger partial charge on any atom is -0.450 e. The van der Waals surface area contributed by atoms with E-state index in [0.717, 1.165) is 6.42 Å². The van der Waals surface area contributed by atoms with Crippen LogP contribution in [-0.2, 0) is 18.9 Å². The van der Waals surface area contributed by atoms with Gasteiger partial charge in [-0.05, 0) is 18.3 Å². The summed E-state index contributed by atoms with van der Waals surface area (Å²) in [6, 6.07) is -0.619. The van der Waals surface area contributed by atoms with Crippen LogP contribution in [0.5, 0.6) is 0 Å². The molecule has 0 amide bonds. The summed E-state index contributed by atoms with van der Waals surface area (Å²) in [4.78, 5) is 4.24. The smallest absolute Gasteiger partial charge is 0.227 e. The second-order valence-corrected chi connectivity index (χ2v) is 7.23. The van der Waals surface area contributed by atoms with Crippen LogP contribution in [0.4, 0.5) is 0 Å². The Hall–Kier alpha value is -0.770. The topological polar surface area (TPSA) is 110 Å². The number of fused-ring (bicyclic) bond motifs is 1. The molecule has 3 aliphatic heterocycles. The molecule has 0 bridgehead atoms. The molecule has 2 saturated heterocycles. The molecule has 8 heteroatoms. The largest absolute Gasteiger partial charge is 0.450 e.